The maximum absolute atomic E-state index is 12.0. The van der Waals surface area contributed by atoms with Gasteiger partial charge in [0.25, 0.3) is 5.91 Å². The van der Waals surface area contributed by atoms with Gasteiger partial charge in [0.2, 0.25) is 5.91 Å². The van der Waals surface area contributed by atoms with Gasteiger partial charge in [-0.15, -0.1) is 11.3 Å². The van der Waals surface area contributed by atoms with Crippen molar-refractivity contribution in [2.45, 2.75) is 13.0 Å². The van der Waals surface area contributed by atoms with E-state index >= 15 is 0 Å². The molecular formula is C14H16N4O2S. The van der Waals surface area contributed by atoms with Crippen LogP contribution < -0.4 is 16.8 Å². The Kier molecular flexibility index (Phi) is 5.02. The molecule has 7 heteroatoms. The SMILES string of the molecule is NCCc1nc(C(=O)NCc2cccc(C(N)=O)c2)cs1. The molecule has 0 aliphatic rings. The standard InChI is InChI=1S/C14H16N4O2S/c15-5-4-12-18-11(8-21-12)14(20)17-7-9-2-1-3-10(6-9)13(16)19/h1-3,6,8H,4-5,7,15H2,(H2,16,19)(H,17,20). The van der Waals surface area contributed by atoms with Gasteiger partial charge in [-0.05, 0) is 24.2 Å². The van der Waals surface area contributed by atoms with Crippen molar-refractivity contribution in [3.63, 3.8) is 0 Å². The largest absolute Gasteiger partial charge is 0.366 e. The number of thiazole rings is 1. The summed E-state index contributed by atoms with van der Waals surface area (Å²) in [7, 11) is 0. The molecule has 2 aromatic rings. The van der Waals surface area contributed by atoms with Crippen molar-refractivity contribution < 1.29 is 9.59 Å². The van der Waals surface area contributed by atoms with Crippen molar-refractivity contribution in [2.75, 3.05) is 6.54 Å². The van der Waals surface area contributed by atoms with Gasteiger partial charge in [-0.2, -0.15) is 0 Å². The maximum atomic E-state index is 12.0. The molecule has 0 spiro atoms. The number of primary amides is 1. The van der Waals surface area contributed by atoms with Crippen LogP contribution in [-0.4, -0.2) is 23.3 Å². The number of nitrogens with zero attached hydrogens (tertiary/aromatic N) is 1. The Balaban J connectivity index is 1.97. The Bertz CT molecular complexity index is 654. The first-order valence-corrected chi connectivity index (χ1v) is 7.29. The highest BCUT2D eigenvalue weighted by molar-refractivity contribution is 7.09. The van der Waals surface area contributed by atoms with E-state index in [1.807, 2.05) is 6.07 Å². The summed E-state index contributed by atoms with van der Waals surface area (Å²) in [5.41, 5.74) is 12.3. The van der Waals surface area contributed by atoms with Crippen LogP contribution in [0.3, 0.4) is 0 Å². The summed E-state index contributed by atoms with van der Waals surface area (Å²) in [6.07, 6.45) is 0.665. The first kappa shape index (κ1) is 15.1. The Hall–Kier alpha value is -2.25. The van der Waals surface area contributed by atoms with E-state index in [0.29, 0.717) is 30.8 Å². The summed E-state index contributed by atoms with van der Waals surface area (Å²) in [6, 6.07) is 6.83. The smallest absolute Gasteiger partial charge is 0.271 e. The third kappa shape index (κ3) is 4.11. The van der Waals surface area contributed by atoms with Crippen LogP contribution in [0.1, 0.15) is 31.4 Å². The van der Waals surface area contributed by atoms with E-state index in [1.165, 1.54) is 11.3 Å². The van der Waals surface area contributed by atoms with E-state index in [-0.39, 0.29) is 5.91 Å². The predicted octanol–water partition coefficient (Wildman–Crippen LogP) is 0.673. The summed E-state index contributed by atoms with van der Waals surface area (Å²) in [5.74, 6) is -0.742. The number of nitrogens with one attached hydrogen (secondary N) is 1. The number of hydrogen-bond acceptors (Lipinski definition) is 5. The molecular weight excluding hydrogens is 288 g/mol. The lowest BCUT2D eigenvalue weighted by atomic mass is 10.1. The van der Waals surface area contributed by atoms with Crippen molar-refractivity contribution in [3.05, 3.63) is 51.5 Å². The van der Waals surface area contributed by atoms with Gasteiger partial charge >= 0.3 is 0 Å². The molecule has 5 N–H and O–H groups in total. The highest BCUT2D eigenvalue weighted by Crippen LogP contribution is 2.10. The van der Waals surface area contributed by atoms with Gasteiger partial charge < -0.3 is 16.8 Å². The molecule has 1 aromatic carbocycles. The molecule has 0 saturated heterocycles. The number of hydrogen-bond donors (Lipinski definition) is 3. The second kappa shape index (κ2) is 6.96. The second-order valence-electron chi connectivity index (χ2n) is 4.41. The Labute approximate surface area is 126 Å². The molecule has 2 amide bonds. The van der Waals surface area contributed by atoms with Crippen LogP contribution in [0.2, 0.25) is 0 Å². The maximum Gasteiger partial charge on any atom is 0.271 e. The quantitative estimate of drug-likeness (QED) is 0.728. The molecule has 0 saturated carbocycles. The van der Waals surface area contributed by atoms with E-state index < -0.39 is 5.91 Å². The van der Waals surface area contributed by atoms with Crippen molar-refractivity contribution >= 4 is 23.2 Å². The lowest BCUT2D eigenvalue weighted by Gasteiger charge is -2.04. The first-order valence-electron chi connectivity index (χ1n) is 6.41. The van der Waals surface area contributed by atoms with Gasteiger partial charge in [0.05, 0.1) is 5.01 Å². The molecule has 6 nitrogen and oxygen atoms in total. The van der Waals surface area contributed by atoms with Gasteiger partial charge in [-0.25, -0.2) is 4.98 Å². The van der Waals surface area contributed by atoms with Gasteiger partial charge in [0.1, 0.15) is 5.69 Å². The fourth-order valence-corrected chi connectivity index (χ4v) is 2.56. The van der Waals surface area contributed by atoms with Crippen molar-refractivity contribution in [2.24, 2.45) is 11.5 Å². The predicted molar refractivity (Wildman–Crippen MR) is 81.0 cm³/mol. The molecule has 21 heavy (non-hydrogen) atoms. The zero-order valence-corrected chi connectivity index (χ0v) is 12.2. The van der Waals surface area contributed by atoms with E-state index in [1.54, 1.807) is 23.6 Å². The monoisotopic (exact) mass is 304 g/mol. The normalized spacial score (nSPS) is 10.3. The van der Waals surface area contributed by atoms with Gasteiger partial charge in [0, 0.05) is 23.9 Å². The zero-order valence-electron chi connectivity index (χ0n) is 11.3. The molecule has 110 valence electrons. The van der Waals surface area contributed by atoms with Gasteiger partial charge in [-0.1, -0.05) is 12.1 Å². The minimum absolute atomic E-state index is 0.251. The third-order valence-corrected chi connectivity index (χ3v) is 3.72. The molecule has 0 atom stereocenters. The number of amides is 2. The number of carbonyl (C=O) groups is 2. The molecule has 0 radical (unpaired) electrons. The summed E-state index contributed by atoms with van der Waals surface area (Å²) >= 11 is 1.42. The number of nitrogens with two attached hydrogens (primary N) is 2. The summed E-state index contributed by atoms with van der Waals surface area (Å²) in [6.45, 7) is 0.818. The topological polar surface area (TPSA) is 111 Å². The van der Waals surface area contributed by atoms with E-state index in [2.05, 4.69) is 10.3 Å². The molecule has 0 fully saturated rings. The van der Waals surface area contributed by atoms with Crippen molar-refractivity contribution in [3.8, 4) is 0 Å². The summed E-state index contributed by atoms with van der Waals surface area (Å²) in [5, 5.41) is 5.31. The Morgan fingerprint density at radius 3 is 2.86 bits per heavy atom. The van der Waals surface area contributed by atoms with Crippen molar-refractivity contribution in [1.82, 2.24) is 10.3 Å². The highest BCUT2D eigenvalue weighted by Gasteiger charge is 2.10. The minimum Gasteiger partial charge on any atom is -0.366 e. The van der Waals surface area contributed by atoms with Crippen LogP contribution in [-0.2, 0) is 13.0 Å². The zero-order chi connectivity index (χ0) is 15.2. The van der Waals surface area contributed by atoms with E-state index in [0.717, 1.165) is 10.6 Å². The van der Waals surface area contributed by atoms with Crippen LogP contribution in [0.4, 0.5) is 0 Å². The minimum atomic E-state index is -0.492. The summed E-state index contributed by atoms with van der Waals surface area (Å²) < 4.78 is 0. The Morgan fingerprint density at radius 1 is 1.33 bits per heavy atom. The fourth-order valence-electron chi connectivity index (χ4n) is 1.76. The summed E-state index contributed by atoms with van der Waals surface area (Å²) in [4.78, 5) is 27.3. The number of carbonyl (C=O) groups excluding carboxylic acids is 2. The van der Waals surface area contributed by atoms with E-state index in [4.69, 9.17) is 11.5 Å². The number of aromatic nitrogens is 1. The average molecular weight is 304 g/mol. The number of rotatable bonds is 6. The molecule has 0 aliphatic heterocycles. The third-order valence-electron chi connectivity index (χ3n) is 2.81. The lowest BCUT2D eigenvalue weighted by Crippen LogP contribution is -2.23. The first-order chi connectivity index (χ1) is 10.1. The van der Waals surface area contributed by atoms with E-state index in [9.17, 15) is 9.59 Å². The average Bonchev–Trinajstić information content (AvgIpc) is 2.94. The highest BCUT2D eigenvalue weighted by atomic mass is 32.1. The van der Waals surface area contributed by atoms with Crippen molar-refractivity contribution in [1.29, 1.82) is 0 Å². The Morgan fingerprint density at radius 2 is 2.14 bits per heavy atom. The fraction of sp³-hybridized carbons (Fsp3) is 0.214. The molecule has 0 bridgehead atoms. The van der Waals surface area contributed by atoms with Crippen LogP contribution in [0.5, 0.6) is 0 Å². The van der Waals surface area contributed by atoms with Crippen LogP contribution >= 0.6 is 11.3 Å². The molecule has 1 heterocycles. The van der Waals surface area contributed by atoms with Crippen LogP contribution in [0.15, 0.2) is 29.6 Å². The molecule has 2 rings (SSSR count). The molecule has 0 aliphatic carbocycles. The van der Waals surface area contributed by atoms with Gasteiger partial charge in [0.15, 0.2) is 0 Å². The van der Waals surface area contributed by atoms with Crippen LogP contribution in [0, 0.1) is 0 Å². The number of benzene rings is 1. The lowest BCUT2D eigenvalue weighted by molar-refractivity contribution is 0.0946. The van der Waals surface area contributed by atoms with Gasteiger partial charge in [-0.3, -0.25) is 9.59 Å². The molecule has 1 aromatic heterocycles. The molecule has 0 unspecified atom stereocenters. The van der Waals surface area contributed by atoms with Crippen LogP contribution in [0.25, 0.3) is 0 Å². The second-order valence-corrected chi connectivity index (χ2v) is 5.36.